The highest BCUT2D eigenvalue weighted by atomic mass is 32.2. The van der Waals surface area contributed by atoms with Gasteiger partial charge >= 0.3 is 0 Å². The van der Waals surface area contributed by atoms with Gasteiger partial charge in [-0.25, -0.2) is 14.9 Å². The average molecular weight is 532 g/mol. The summed E-state index contributed by atoms with van der Waals surface area (Å²) in [7, 11) is 0. The SMILES string of the molecule is CCOc1ccc2nc(SC3CC(=O)N(c4ccc(-c5nc6ccc(C)cc6s5)cc4)C3=O)sc2c1. The molecule has 0 N–H and O–H groups in total. The number of thiazole rings is 2. The van der Waals surface area contributed by atoms with Crippen LogP contribution in [-0.4, -0.2) is 33.6 Å². The third kappa shape index (κ3) is 4.27. The van der Waals surface area contributed by atoms with Crippen molar-refractivity contribution in [3.63, 3.8) is 0 Å². The molecule has 5 aromatic rings. The summed E-state index contributed by atoms with van der Waals surface area (Å²) in [5.74, 6) is 0.399. The third-order valence-electron chi connectivity index (χ3n) is 5.92. The van der Waals surface area contributed by atoms with Crippen LogP contribution in [0.25, 0.3) is 31.0 Å². The van der Waals surface area contributed by atoms with Gasteiger partial charge in [0.05, 0.1) is 32.7 Å². The quantitative estimate of drug-likeness (QED) is 0.227. The standard InChI is InChI=1S/C27H21N3O3S3/c1-3-33-18-9-11-20-22(13-18)35-27(29-20)36-23-14-24(31)30(26(23)32)17-7-5-16(6-8-17)25-28-19-10-4-15(2)12-21(19)34-25/h4-13,23H,3,14H2,1-2H3. The first kappa shape index (κ1) is 23.1. The maximum atomic E-state index is 13.2. The molecular formula is C27H21N3O3S3. The Labute approximate surface area is 219 Å². The summed E-state index contributed by atoms with van der Waals surface area (Å²) in [5, 5.41) is 0.426. The number of amides is 2. The first-order valence-corrected chi connectivity index (χ1v) is 14.0. The predicted molar refractivity (Wildman–Crippen MR) is 147 cm³/mol. The van der Waals surface area contributed by atoms with Gasteiger partial charge in [0.25, 0.3) is 0 Å². The van der Waals surface area contributed by atoms with Gasteiger partial charge in [-0.3, -0.25) is 9.59 Å². The van der Waals surface area contributed by atoms with Gasteiger partial charge in [-0.15, -0.1) is 22.7 Å². The molecule has 3 heterocycles. The van der Waals surface area contributed by atoms with Gasteiger partial charge in [-0.2, -0.15) is 0 Å². The van der Waals surface area contributed by atoms with Crippen LogP contribution >= 0.6 is 34.4 Å². The molecule has 6 nitrogen and oxygen atoms in total. The van der Waals surface area contributed by atoms with Gasteiger partial charge in [0.1, 0.15) is 16.0 Å². The fourth-order valence-corrected chi connectivity index (χ4v) is 7.62. The Morgan fingerprint density at radius 1 is 0.972 bits per heavy atom. The molecule has 0 spiro atoms. The van der Waals surface area contributed by atoms with Crippen LogP contribution in [-0.2, 0) is 9.59 Å². The first-order chi connectivity index (χ1) is 17.5. The molecule has 180 valence electrons. The monoisotopic (exact) mass is 531 g/mol. The molecule has 0 saturated carbocycles. The average Bonchev–Trinajstić information content (AvgIpc) is 3.54. The summed E-state index contributed by atoms with van der Waals surface area (Å²) in [6, 6.07) is 19.5. The van der Waals surface area contributed by atoms with E-state index in [1.165, 1.54) is 33.6 Å². The Kier molecular flexibility index (Phi) is 5.99. The molecule has 9 heteroatoms. The number of carbonyl (C=O) groups is 2. The van der Waals surface area contributed by atoms with E-state index in [0.29, 0.717) is 12.3 Å². The predicted octanol–water partition coefficient (Wildman–Crippen LogP) is 6.70. The number of rotatable bonds is 6. The van der Waals surface area contributed by atoms with Crippen LogP contribution in [0, 0.1) is 6.92 Å². The van der Waals surface area contributed by atoms with Crippen molar-refractivity contribution in [1.82, 2.24) is 9.97 Å². The molecule has 1 aliphatic rings. The second-order valence-electron chi connectivity index (χ2n) is 8.46. The van der Waals surface area contributed by atoms with E-state index in [-0.39, 0.29) is 18.2 Å². The number of anilines is 1. The number of hydrogen-bond donors (Lipinski definition) is 0. The van der Waals surface area contributed by atoms with Gasteiger partial charge in [-0.05, 0) is 74.0 Å². The Morgan fingerprint density at radius 3 is 2.53 bits per heavy atom. The number of aromatic nitrogens is 2. The van der Waals surface area contributed by atoms with Crippen LogP contribution in [0.3, 0.4) is 0 Å². The molecule has 2 amide bonds. The molecule has 1 unspecified atom stereocenters. The molecule has 2 aromatic heterocycles. The van der Waals surface area contributed by atoms with Crippen LogP contribution in [0.2, 0.25) is 0 Å². The van der Waals surface area contributed by atoms with Gasteiger partial charge in [0.2, 0.25) is 11.8 Å². The van der Waals surface area contributed by atoms with Crippen LogP contribution in [0.1, 0.15) is 18.9 Å². The minimum Gasteiger partial charge on any atom is -0.494 e. The van der Waals surface area contributed by atoms with Crippen LogP contribution in [0.5, 0.6) is 5.75 Å². The third-order valence-corrected chi connectivity index (χ3v) is 9.28. The highest BCUT2D eigenvalue weighted by Crippen LogP contribution is 2.39. The lowest BCUT2D eigenvalue weighted by atomic mass is 10.2. The van der Waals surface area contributed by atoms with Crippen molar-refractivity contribution in [2.24, 2.45) is 0 Å². The molecule has 0 bridgehead atoms. The van der Waals surface area contributed by atoms with Gasteiger partial charge in [-0.1, -0.05) is 17.8 Å². The highest BCUT2D eigenvalue weighted by molar-refractivity contribution is 8.02. The van der Waals surface area contributed by atoms with Gasteiger partial charge in [0, 0.05) is 12.0 Å². The number of benzene rings is 3. The molecule has 0 aliphatic carbocycles. The van der Waals surface area contributed by atoms with Crippen molar-refractivity contribution in [2.45, 2.75) is 29.9 Å². The fraction of sp³-hybridized carbons (Fsp3) is 0.185. The molecule has 1 fully saturated rings. The van der Waals surface area contributed by atoms with Crippen molar-refractivity contribution >= 4 is 72.4 Å². The number of nitrogens with zero attached hydrogens (tertiary/aromatic N) is 3. The first-order valence-electron chi connectivity index (χ1n) is 11.5. The summed E-state index contributed by atoms with van der Waals surface area (Å²) in [6.07, 6.45) is 0.155. The highest BCUT2D eigenvalue weighted by Gasteiger charge is 2.40. The van der Waals surface area contributed by atoms with E-state index < -0.39 is 5.25 Å². The lowest BCUT2D eigenvalue weighted by Gasteiger charge is -2.15. The van der Waals surface area contributed by atoms with Crippen molar-refractivity contribution in [2.75, 3.05) is 11.5 Å². The van der Waals surface area contributed by atoms with Gasteiger partial charge in [0.15, 0.2) is 4.34 Å². The lowest BCUT2D eigenvalue weighted by molar-refractivity contribution is -0.121. The van der Waals surface area contributed by atoms with E-state index in [1.807, 2.05) is 55.5 Å². The zero-order chi connectivity index (χ0) is 24.8. The number of ether oxygens (including phenoxy) is 1. The molecule has 0 radical (unpaired) electrons. The summed E-state index contributed by atoms with van der Waals surface area (Å²) >= 11 is 4.50. The summed E-state index contributed by atoms with van der Waals surface area (Å²) in [4.78, 5) is 36.7. The second kappa shape index (κ2) is 9.31. The molecule has 6 rings (SSSR count). The number of hydrogen-bond acceptors (Lipinski definition) is 8. The smallest absolute Gasteiger partial charge is 0.247 e. The molecular weight excluding hydrogens is 511 g/mol. The molecule has 1 atom stereocenters. The normalized spacial score (nSPS) is 15.9. The van der Waals surface area contributed by atoms with Gasteiger partial charge < -0.3 is 4.74 Å². The maximum Gasteiger partial charge on any atom is 0.247 e. The van der Waals surface area contributed by atoms with E-state index in [2.05, 4.69) is 24.0 Å². The van der Waals surface area contributed by atoms with Crippen molar-refractivity contribution in [3.05, 3.63) is 66.2 Å². The molecule has 1 aliphatic heterocycles. The topological polar surface area (TPSA) is 72.4 Å². The summed E-state index contributed by atoms with van der Waals surface area (Å²) < 4.78 is 8.48. The second-order valence-corrected chi connectivity index (χ2v) is 12.0. The number of carbonyl (C=O) groups excluding carboxylic acids is 2. The van der Waals surface area contributed by atoms with Crippen molar-refractivity contribution in [3.8, 4) is 16.3 Å². The fourth-order valence-electron chi connectivity index (χ4n) is 4.19. The van der Waals surface area contributed by atoms with Crippen LogP contribution in [0.15, 0.2) is 65.0 Å². The van der Waals surface area contributed by atoms with Crippen LogP contribution in [0.4, 0.5) is 5.69 Å². The van der Waals surface area contributed by atoms with E-state index in [0.717, 1.165) is 41.1 Å². The Bertz CT molecular complexity index is 1620. The summed E-state index contributed by atoms with van der Waals surface area (Å²) in [6.45, 7) is 4.61. The zero-order valence-corrected chi connectivity index (χ0v) is 22.0. The Morgan fingerprint density at radius 2 is 1.72 bits per heavy atom. The van der Waals surface area contributed by atoms with Crippen molar-refractivity contribution in [1.29, 1.82) is 0 Å². The number of imide groups is 1. The number of aryl methyl sites for hydroxylation is 1. The summed E-state index contributed by atoms with van der Waals surface area (Å²) in [5.41, 5.74) is 4.58. The molecule has 3 aromatic carbocycles. The molecule has 36 heavy (non-hydrogen) atoms. The minimum absolute atomic E-state index is 0.155. The van der Waals surface area contributed by atoms with E-state index in [4.69, 9.17) is 9.72 Å². The lowest BCUT2D eigenvalue weighted by Crippen LogP contribution is -2.31. The zero-order valence-electron chi connectivity index (χ0n) is 19.6. The minimum atomic E-state index is -0.489. The largest absolute Gasteiger partial charge is 0.494 e. The number of fused-ring (bicyclic) bond motifs is 2. The van der Waals surface area contributed by atoms with Crippen molar-refractivity contribution < 1.29 is 14.3 Å². The van der Waals surface area contributed by atoms with E-state index >= 15 is 0 Å². The molecule has 1 saturated heterocycles. The van der Waals surface area contributed by atoms with Crippen LogP contribution < -0.4 is 9.64 Å². The Hall–Kier alpha value is -3.27. The van der Waals surface area contributed by atoms with E-state index in [9.17, 15) is 9.59 Å². The van der Waals surface area contributed by atoms with E-state index in [1.54, 1.807) is 11.3 Å². The maximum absolute atomic E-state index is 13.2. The Balaban J connectivity index is 1.20. The number of thioether (sulfide) groups is 1.